The van der Waals surface area contributed by atoms with Crippen molar-refractivity contribution in [3.63, 3.8) is 0 Å². The SMILES string of the molecule is CCOC(=O)C1(c2ccccc2)CCN(CC(O)COc2ccc3ccccc3c2)CC1. The first-order chi connectivity index (χ1) is 15.6. The van der Waals surface area contributed by atoms with Gasteiger partial charge in [-0.25, -0.2) is 0 Å². The highest BCUT2D eigenvalue weighted by atomic mass is 16.5. The summed E-state index contributed by atoms with van der Waals surface area (Å²) in [5, 5.41) is 12.8. The summed E-state index contributed by atoms with van der Waals surface area (Å²) < 4.78 is 11.3. The summed E-state index contributed by atoms with van der Waals surface area (Å²) in [4.78, 5) is 15.1. The van der Waals surface area contributed by atoms with Crippen molar-refractivity contribution in [2.45, 2.75) is 31.3 Å². The Morgan fingerprint density at radius 2 is 1.69 bits per heavy atom. The molecular weight excluding hydrogens is 402 g/mol. The predicted octanol–water partition coefficient (Wildman–Crippen LogP) is 4.18. The minimum atomic E-state index is -0.611. The molecule has 1 aliphatic rings. The average Bonchev–Trinajstić information content (AvgIpc) is 2.84. The molecule has 1 aliphatic heterocycles. The van der Waals surface area contributed by atoms with Crippen LogP contribution in [0.4, 0.5) is 0 Å². The highest BCUT2D eigenvalue weighted by Gasteiger charge is 2.44. The van der Waals surface area contributed by atoms with Gasteiger partial charge in [0, 0.05) is 6.54 Å². The lowest BCUT2D eigenvalue weighted by atomic mass is 9.72. The molecule has 168 valence electrons. The average molecular weight is 434 g/mol. The van der Waals surface area contributed by atoms with Gasteiger partial charge in [0.05, 0.1) is 12.0 Å². The topological polar surface area (TPSA) is 59.0 Å². The van der Waals surface area contributed by atoms with Gasteiger partial charge in [-0.05, 0) is 61.3 Å². The molecule has 0 spiro atoms. The Labute approximate surface area is 189 Å². The van der Waals surface area contributed by atoms with Crippen LogP contribution in [0, 0.1) is 0 Å². The molecule has 1 fully saturated rings. The van der Waals surface area contributed by atoms with Gasteiger partial charge in [0.15, 0.2) is 0 Å². The van der Waals surface area contributed by atoms with Gasteiger partial charge >= 0.3 is 5.97 Å². The summed E-state index contributed by atoms with van der Waals surface area (Å²) >= 11 is 0. The van der Waals surface area contributed by atoms with Gasteiger partial charge in [-0.3, -0.25) is 4.79 Å². The molecule has 0 radical (unpaired) electrons. The molecule has 5 heteroatoms. The van der Waals surface area contributed by atoms with Crippen molar-refractivity contribution in [2.24, 2.45) is 0 Å². The van der Waals surface area contributed by atoms with Gasteiger partial charge < -0.3 is 19.5 Å². The van der Waals surface area contributed by atoms with Crippen LogP contribution in [0.3, 0.4) is 0 Å². The van der Waals surface area contributed by atoms with E-state index in [9.17, 15) is 9.90 Å². The number of hydrogen-bond acceptors (Lipinski definition) is 5. The Morgan fingerprint density at radius 1 is 1.00 bits per heavy atom. The van der Waals surface area contributed by atoms with Crippen LogP contribution in [0.5, 0.6) is 5.75 Å². The molecule has 32 heavy (non-hydrogen) atoms. The molecule has 0 bridgehead atoms. The van der Waals surface area contributed by atoms with Crippen molar-refractivity contribution in [3.8, 4) is 5.75 Å². The lowest BCUT2D eigenvalue weighted by Crippen LogP contribution is -2.50. The maximum absolute atomic E-state index is 12.9. The van der Waals surface area contributed by atoms with E-state index in [1.807, 2.05) is 67.6 Å². The molecule has 1 saturated heterocycles. The van der Waals surface area contributed by atoms with Crippen molar-refractivity contribution in [1.29, 1.82) is 0 Å². The molecule has 0 aromatic heterocycles. The summed E-state index contributed by atoms with van der Waals surface area (Å²) in [6.45, 7) is 4.42. The van der Waals surface area contributed by atoms with E-state index in [1.165, 1.54) is 0 Å². The van der Waals surface area contributed by atoms with E-state index in [2.05, 4.69) is 17.0 Å². The monoisotopic (exact) mass is 433 g/mol. The first-order valence-corrected chi connectivity index (χ1v) is 11.4. The minimum Gasteiger partial charge on any atom is -0.491 e. The zero-order chi connectivity index (χ0) is 22.4. The fourth-order valence-corrected chi connectivity index (χ4v) is 4.55. The van der Waals surface area contributed by atoms with Crippen LogP contribution in [0.15, 0.2) is 72.8 Å². The zero-order valence-corrected chi connectivity index (χ0v) is 18.6. The Balaban J connectivity index is 1.33. The molecule has 0 aliphatic carbocycles. The largest absolute Gasteiger partial charge is 0.491 e. The van der Waals surface area contributed by atoms with Gasteiger partial charge in [-0.2, -0.15) is 0 Å². The van der Waals surface area contributed by atoms with Crippen LogP contribution in [-0.4, -0.2) is 54.9 Å². The maximum Gasteiger partial charge on any atom is 0.316 e. The predicted molar refractivity (Wildman–Crippen MR) is 126 cm³/mol. The Kier molecular flexibility index (Phi) is 7.08. The second kappa shape index (κ2) is 10.2. The van der Waals surface area contributed by atoms with Crippen molar-refractivity contribution in [1.82, 2.24) is 4.90 Å². The van der Waals surface area contributed by atoms with E-state index in [0.717, 1.165) is 35.2 Å². The third-order valence-corrected chi connectivity index (χ3v) is 6.33. The number of nitrogens with zero attached hydrogens (tertiary/aromatic N) is 1. The van der Waals surface area contributed by atoms with Crippen LogP contribution in [0.25, 0.3) is 10.8 Å². The van der Waals surface area contributed by atoms with E-state index in [-0.39, 0.29) is 12.6 Å². The smallest absolute Gasteiger partial charge is 0.316 e. The number of aliphatic hydroxyl groups excluding tert-OH is 1. The molecule has 1 atom stereocenters. The standard InChI is InChI=1S/C27H31NO4/c1-2-31-26(30)27(23-10-4-3-5-11-23)14-16-28(17-15-27)19-24(29)20-32-25-13-12-21-8-6-7-9-22(21)18-25/h3-13,18,24,29H,2,14-17,19-20H2,1H3. The lowest BCUT2D eigenvalue weighted by Gasteiger charge is -2.40. The third-order valence-electron chi connectivity index (χ3n) is 6.33. The number of carbonyl (C=O) groups excluding carboxylic acids is 1. The highest BCUT2D eigenvalue weighted by molar-refractivity contribution is 5.84. The number of aliphatic hydroxyl groups is 1. The number of benzene rings is 3. The van der Waals surface area contributed by atoms with Crippen molar-refractivity contribution in [2.75, 3.05) is 32.8 Å². The summed E-state index contributed by atoms with van der Waals surface area (Å²) in [7, 11) is 0. The van der Waals surface area contributed by atoms with Crippen LogP contribution < -0.4 is 4.74 Å². The van der Waals surface area contributed by atoms with Crippen LogP contribution >= 0.6 is 0 Å². The molecule has 1 unspecified atom stereocenters. The quantitative estimate of drug-likeness (QED) is 0.540. The van der Waals surface area contributed by atoms with E-state index >= 15 is 0 Å². The maximum atomic E-state index is 12.9. The summed E-state index contributed by atoms with van der Waals surface area (Å²) in [5.41, 5.74) is 0.402. The summed E-state index contributed by atoms with van der Waals surface area (Å²) in [5.74, 6) is 0.609. The van der Waals surface area contributed by atoms with Gasteiger partial charge in [-0.1, -0.05) is 60.7 Å². The van der Waals surface area contributed by atoms with Gasteiger partial charge in [0.2, 0.25) is 0 Å². The number of carbonyl (C=O) groups is 1. The highest BCUT2D eigenvalue weighted by Crippen LogP contribution is 2.37. The van der Waals surface area contributed by atoms with E-state index in [1.54, 1.807) is 0 Å². The summed E-state index contributed by atoms with van der Waals surface area (Å²) in [6.07, 6.45) is 0.746. The van der Waals surface area contributed by atoms with Crippen molar-refractivity contribution in [3.05, 3.63) is 78.4 Å². The number of piperidine rings is 1. The van der Waals surface area contributed by atoms with E-state index < -0.39 is 11.5 Å². The van der Waals surface area contributed by atoms with Gasteiger partial charge in [0.1, 0.15) is 18.5 Å². The van der Waals surface area contributed by atoms with Crippen LogP contribution in [-0.2, 0) is 14.9 Å². The Morgan fingerprint density at radius 3 is 2.41 bits per heavy atom. The van der Waals surface area contributed by atoms with Gasteiger partial charge in [-0.15, -0.1) is 0 Å². The molecular formula is C27H31NO4. The molecule has 1 heterocycles. The van der Waals surface area contributed by atoms with Crippen LogP contribution in [0.1, 0.15) is 25.3 Å². The molecule has 3 aromatic carbocycles. The molecule has 3 aromatic rings. The number of ether oxygens (including phenoxy) is 2. The zero-order valence-electron chi connectivity index (χ0n) is 18.6. The number of esters is 1. The number of β-amino-alcohol motifs (C(OH)–C–C–N with tert-alkyl or cyclic N) is 1. The van der Waals surface area contributed by atoms with Crippen molar-refractivity contribution >= 4 is 16.7 Å². The first kappa shape index (κ1) is 22.3. The van der Waals surface area contributed by atoms with Crippen LogP contribution in [0.2, 0.25) is 0 Å². The lowest BCUT2D eigenvalue weighted by molar-refractivity contribution is -0.152. The first-order valence-electron chi connectivity index (χ1n) is 11.4. The Bertz CT molecular complexity index is 1030. The number of likely N-dealkylation sites (tertiary alicyclic amines) is 1. The fourth-order valence-electron chi connectivity index (χ4n) is 4.55. The van der Waals surface area contributed by atoms with E-state index in [0.29, 0.717) is 26.0 Å². The van der Waals surface area contributed by atoms with Crippen molar-refractivity contribution < 1.29 is 19.4 Å². The molecule has 0 saturated carbocycles. The third kappa shape index (κ3) is 4.95. The fraction of sp³-hybridized carbons (Fsp3) is 0.370. The van der Waals surface area contributed by atoms with Gasteiger partial charge in [0.25, 0.3) is 0 Å². The number of fused-ring (bicyclic) bond motifs is 1. The minimum absolute atomic E-state index is 0.147. The number of rotatable bonds is 8. The molecule has 0 amide bonds. The number of hydrogen-bond donors (Lipinski definition) is 1. The van der Waals surface area contributed by atoms with E-state index in [4.69, 9.17) is 9.47 Å². The molecule has 1 N–H and O–H groups in total. The second-order valence-corrected chi connectivity index (χ2v) is 8.44. The normalized spacial score (nSPS) is 17.1. The molecule has 5 nitrogen and oxygen atoms in total. The Hall–Kier alpha value is -2.89. The second-order valence-electron chi connectivity index (χ2n) is 8.44. The molecule has 4 rings (SSSR count). The summed E-state index contributed by atoms with van der Waals surface area (Å²) in [6, 6.07) is 24.0.